The van der Waals surface area contributed by atoms with Gasteiger partial charge in [0.25, 0.3) is 10.0 Å². The minimum Gasteiger partial charge on any atom is -0.311 e. The maximum Gasteiger partial charge on any atom is 0.265 e. The Morgan fingerprint density at radius 3 is 2.92 bits per heavy atom. The van der Waals surface area contributed by atoms with E-state index < -0.39 is 10.0 Å². The molecule has 3 N–H and O–H groups in total. The van der Waals surface area contributed by atoms with Gasteiger partial charge >= 0.3 is 0 Å². The molecule has 7 heteroatoms. The summed E-state index contributed by atoms with van der Waals surface area (Å²) in [5.41, 5.74) is 0.868. The van der Waals surface area contributed by atoms with Gasteiger partial charge in [0, 0.05) is 24.4 Å². The lowest BCUT2D eigenvalue weighted by molar-refractivity contribution is 0.595. The minimum absolute atomic E-state index is 0.0289. The first kappa shape index (κ1) is 9.07. The fourth-order valence-electron chi connectivity index (χ4n) is 1.22. The zero-order valence-corrected chi connectivity index (χ0v) is 8.41. The second-order valence-corrected chi connectivity index (χ2v) is 5.64. The smallest absolute Gasteiger partial charge is 0.265 e. The Kier molecular flexibility index (Phi) is 2.11. The van der Waals surface area contributed by atoms with Crippen LogP contribution in [0.1, 0.15) is 10.6 Å². The molecule has 5 nitrogen and oxygen atoms in total. The summed E-state index contributed by atoms with van der Waals surface area (Å²) in [5, 5.41) is 8.11. The van der Waals surface area contributed by atoms with E-state index in [9.17, 15) is 8.42 Å². The molecule has 13 heavy (non-hydrogen) atoms. The normalized spacial score (nSPS) is 17.0. The van der Waals surface area contributed by atoms with Gasteiger partial charge in [-0.25, -0.2) is 18.5 Å². The summed E-state index contributed by atoms with van der Waals surface area (Å²) in [7, 11) is -3.62. The molecule has 1 aliphatic heterocycles. The van der Waals surface area contributed by atoms with E-state index in [-0.39, 0.29) is 4.34 Å². The molecule has 72 valence electrons. The molecule has 0 saturated heterocycles. The van der Waals surface area contributed by atoms with Crippen molar-refractivity contribution in [2.24, 2.45) is 5.14 Å². The number of thiazole rings is 1. The quantitative estimate of drug-likeness (QED) is 0.663. The van der Waals surface area contributed by atoms with E-state index in [4.69, 9.17) is 5.14 Å². The van der Waals surface area contributed by atoms with E-state index in [0.29, 0.717) is 6.54 Å². The summed E-state index contributed by atoms with van der Waals surface area (Å²) in [6.45, 7) is 1.54. The molecule has 0 spiro atoms. The van der Waals surface area contributed by atoms with Gasteiger partial charge < -0.3 is 5.32 Å². The highest BCUT2D eigenvalue weighted by Gasteiger charge is 2.20. The van der Waals surface area contributed by atoms with Crippen LogP contribution in [0, 0.1) is 0 Å². The van der Waals surface area contributed by atoms with Gasteiger partial charge in [-0.2, -0.15) is 0 Å². The van der Waals surface area contributed by atoms with Crippen molar-refractivity contribution in [3.05, 3.63) is 10.6 Å². The average molecular weight is 219 g/mol. The van der Waals surface area contributed by atoms with E-state index in [1.165, 1.54) is 0 Å². The molecule has 0 unspecified atom stereocenters. The third-order valence-electron chi connectivity index (χ3n) is 1.83. The number of aromatic nitrogens is 1. The van der Waals surface area contributed by atoms with Gasteiger partial charge in [0.15, 0.2) is 0 Å². The largest absolute Gasteiger partial charge is 0.311 e. The SMILES string of the molecule is NS(=O)(=O)c1nc2c(s1)CNCC2. The molecule has 0 atom stereocenters. The van der Waals surface area contributed by atoms with Crippen LogP contribution in [0.15, 0.2) is 4.34 Å². The zero-order chi connectivity index (χ0) is 9.47. The average Bonchev–Trinajstić information content (AvgIpc) is 2.45. The molecule has 2 heterocycles. The lowest BCUT2D eigenvalue weighted by Crippen LogP contribution is -2.22. The summed E-state index contributed by atoms with van der Waals surface area (Å²) < 4.78 is 21.9. The molecule has 0 amide bonds. The highest BCUT2D eigenvalue weighted by Crippen LogP contribution is 2.23. The van der Waals surface area contributed by atoms with E-state index >= 15 is 0 Å². The lowest BCUT2D eigenvalue weighted by atomic mass is 10.2. The van der Waals surface area contributed by atoms with Gasteiger partial charge in [0.2, 0.25) is 4.34 Å². The molecular weight excluding hydrogens is 210 g/mol. The second kappa shape index (κ2) is 3.02. The molecule has 0 saturated carbocycles. The number of hydrogen-bond donors (Lipinski definition) is 2. The number of hydrogen-bond acceptors (Lipinski definition) is 5. The number of rotatable bonds is 1. The molecular formula is C6H9N3O2S2. The first-order chi connectivity index (χ1) is 6.07. The van der Waals surface area contributed by atoms with Crippen molar-refractivity contribution < 1.29 is 8.42 Å². The predicted molar refractivity (Wildman–Crippen MR) is 48.9 cm³/mol. The minimum atomic E-state index is -3.62. The van der Waals surface area contributed by atoms with E-state index in [1.54, 1.807) is 0 Å². The Balaban J connectivity index is 2.47. The number of primary sulfonamides is 1. The Labute approximate surface area is 80.0 Å². The van der Waals surface area contributed by atoms with Gasteiger partial charge in [0.05, 0.1) is 5.69 Å². The molecule has 1 aromatic rings. The van der Waals surface area contributed by atoms with Crippen molar-refractivity contribution in [3.63, 3.8) is 0 Å². The fourth-order valence-corrected chi connectivity index (χ4v) is 3.03. The predicted octanol–water partition coefficient (Wildman–Crippen LogP) is -0.564. The van der Waals surface area contributed by atoms with Gasteiger partial charge in [-0.1, -0.05) is 0 Å². The molecule has 0 radical (unpaired) electrons. The maximum absolute atomic E-state index is 11.0. The summed E-state index contributed by atoms with van der Waals surface area (Å²) in [6, 6.07) is 0. The first-order valence-corrected chi connectivity index (χ1v) is 6.16. The summed E-state index contributed by atoms with van der Waals surface area (Å²) in [6.07, 6.45) is 0.779. The molecule has 0 bridgehead atoms. The second-order valence-electron chi connectivity index (χ2n) is 2.82. The van der Waals surface area contributed by atoms with Crippen LogP contribution in [0.25, 0.3) is 0 Å². The third kappa shape index (κ3) is 1.73. The van der Waals surface area contributed by atoms with Crippen molar-refractivity contribution in [2.75, 3.05) is 6.54 Å². The Morgan fingerprint density at radius 1 is 1.54 bits per heavy atom. The monoisotopic (exact) mass is 219 g/mol. The van der Waals surface area contributed by atoms with Crippen LogP contribution in [-0.4, -0.2) is 19.9 Å². The Hall–Kier alpha value is -0.500. The van der Waals surface area contributed by atoms with Gasteiger partial charge in [-0.15, -0.1) is 11.3 Å². The number of sulfonamides is 1. The molecule has 0 aliphatic carbocycles. The molecule has 0 aromatic carbocycles. The maximum atomic E-state index is 11.0. The van der Waals surface area contributed by atoms with Crippen LogP contribution < -0.4 is 10.5 Å². The number of nitrogens with one attached hydrogen (secondary N) is 1. The van der Waals surface area contributed by atoms with E-state index in [0.717, 1.165) is 34.9 Å². The van der Waals surface area contributed by atoms with Crippen LogP contribution in [0.5, 0.6) is 0 Å². The summed E-state index contributed by atoms with van der Waals surface area (Å²) >= 11 is 1.16. The van der Waals surface area contributed by atoms with Crippen LogP contribution in [0.2, 0.25) is 0 Å². The van der Waals surface area contributed by atoms with Gasteiger partial charge in [-0.3, -0.25) is 0 Å². The molecule has 0 fully saturated rings. The molecule has 2 rings (SSSR count). The molecule has 1 aliphatic rings. The third-order valence-corrected chi connectivity index (χ3v) is 4.24. The van der Waals surface area contributed by atoms with E-state index in [1.807, 2.05) is 0 Å². The highest BCUT2D eigenvalue weighted by atomic mass is 32.2. The fraction of sp³-hybridized carbons (Fsp3) is 0.500. The summed E-state index contributed by atoms with van der Waals surface area (Å²) in [4.78, 5) is 4.97. The van der Waals surface area contributed by atoms with Crippen LogP contribution in [0.4, 0.5) is 0 Å². The van der Waals surface area contributed by atoms with Gasteiger partial charge in [0.1, 0.15) is 0 Å². The standard InChI is InChI=1S/C6H9N3O2S2/c7-13(10,11)6-9-4-1-2-8-3-5(4)12-6/h8H,1-3H2,(H2,7,10,11). The Bertz CT molecular complexity index is 400. The highest BCUT2D eigenvalue weighted by molar-refractivity contribution is 7.91. The number of nitrogens with zero attached hydrogens (tertiary/aromatic N) is 1. The first-order valence-electron chi connectivity index (χ1n) is 3.79. The van der Waals surface area contributed by atoms with Crippen molar-refractivity contribution in [2.45, 2.75) is 17.3 Å². The summed E-state index contributed by atoms with van der Waals surface area (Å²) in [5.74, 6) is 0. The van der Waals surface area contributed by atoms with Crippen molar-refractivity contribution >= 4 is 21.4 Å². The van der Waals surface area contributed by atoms with Crippen LogP contribution in [0.3, 0.4) is 0 Å². The van der Waals surface area contributed by atoms with Crippen molar-refractivity contribution in [1.29, 1.82) is 0 Å². The zero-order valence-electron chi connectivity index (χ0n) is 6.78. The lowest BCUT2D eigenvalue weighted by Gasteiger charge is -2.09. The van der Waals surface area contributed by atoms with Crippen molar-refractivity contribution in [1.82, 2.24) is 10.3 Å². The van der Waals surface area contributed by atoms with E-state index in [2.05, 4.69) is 10.3 Å². The van der Waals surface area contributed by atoms with Crippen LogP contribution in [-0.2, 0) is 23.0 Å². The number of nitrogens with two attached hydrogens (primary N) is 1. The Morgan fingerprint density at radius 2 is 2.31 bits per heavy atom. The van der Waals surface area contributed by atoms with Crippen LogP contribution >= 0.6 is 11.3 Å². The van der Waals surface area contributed by atoms with Gasteiger partial charge in [-0.05, 0) is 0 Å². The van der Waals surface area contributed by atoms with Crippen molar-refractivity contribution in [3.8, 4) is 0 Å². The molecule has 1 aromatic heterocycles. The number of fused-ring (bicyclic) bond motifs is 1. The topological polar surface area (TPSA) is 85.1 Å².